The van der Waals surface area contributed by atoms with E-state index in [4.69, 9.17) is 4.74 Å². The Balaban J connectivity index is 1.54. The third-order valence-electron chi connectivity index (χ3n) is 4.30. The highest BCUT2D eigenvalue weighted by Gasteiger charge is 2.33. The second-order valence-corrected chi connectivity index (χ2v) is 5.83. The summed E-state index contributed by atoms with van der Waals surface area (Å²) in [4.78, 5) is 20.0. The highest BCUT2D eigenvalue weighted by Crippen LogP contribution is 2.28. The SMILES string of the molecule is Cn1ccnc1[C@H]1OCC[C@@H]1NC(=O)c1cc2ccccc2[nH]1. The maximum absolute atomic E-state index is 12.5. The van der Waals surface area contributed by atoms with E-state index in [1.54, 1.807) is 6.20 Å². The van der Waals surface area contributed by atoms with Gasteiger partial charge in [0.15, 0.2) is 0 Å². The van der Waals surface area contributed by atoms with Gasteiger partial charge in [-0.3, -0.25) is 4.79 Å². The number of imidazole rings is 1. The van der Waals surface area contributed by atoms with Crippen molar-refractivity contribution in [2.24, 2.45) is 7.05 Å². The smallest absolute Gasteiger partial charge is 0.268 e. The van der Waals surface area contributed by atoms with E-state index in [0.29, 0.717) is 12.3 Å². The summed E-state index contributed by atoms with van der Waals surface area (Å²) in [5, 5.41) is 4.10. The summed E-state index contributed by atoms with van der Waals surface area (Å²) in [6.07, 6.45) is 4.20. The molecular weight excluding hydrogens is 292 g/mol. The Morgan fingerprint density at radius 2 is 2.30 bits per heavy atom. The lowest BCUT2D eigenvalue weighted by Gasteiger charge is -2.19. The number of fused-ring (bicyclic) bond motifs is 1. The Kier molecular flexibility index (Phi) is 3.38. The Labute approximate surface area is 133 Å². The third kappa shape index (κ3) is 2.51. The molecule has 3 aromatic rings. The molecule has 6 nitrogen and oxygen atoms in total. The molecule has 2 atom stereocenters. The summed E-state index contributed by atoms with van der Waals surface area (Å²) in [6, 6.07) is 9.65. The standard InChI is InChI=1S/C17H18N4O2/c1-21-8-7-18-16(21)15-13(6-9-23-15)20-17(22)14-10-11-4-2-3-5-12(11)19-14/h2-5,7-8,10,13,15,19H,6,9H2,1H3,(H,20,22)/t13-,15-/m0/s1. The van der Waals surface area contributed by atoms with Gasteiger partial charge in [-0.15, -0.1) is 0 Å². The summed E-state index contributed by atoms with van der Waals surface area (Å²) < 4.78 is 7.71. The number of aryl methyl sites for hydroxylation is 1. The van der Waals surface area contributed by atoms with Crippen LogP contribution in [-0.4, -0.2) is 33.1 Å². The Morgan fingerprint density at radius 1 is 1.43 bits per heavy atom. The molecule has 6 heteroatoms. The summed E-state index contributed by atoms with van der Waals surface area (Å²) in [7, 11) is 1.93. The number of H-pyrrole nitrogens is 1. The van der Waals surface area contributed by atoms with Gasteiger partial charge >= 0.3 is 0 Å². The molecule has 1 amide bonds. The molecule has 1 aliphatic rings. The van der Waals surface area contributed by atoms with Crippen molar-refractivity contribution < 1.29 is 9.53 Å². The van der Waals surface area contributed by atoms with E-state index < -0.39 is 0 Å². The molecular formula is C17H18N4O2. The molecule has 4 rings (SSSR count). The largest absolute Gasteiger partial charge is 0.368 e. The van der Waals surface area contributed by atoms with Gasteiger partial charge in [-0.1, -0.05) is 18.2 Å². The Hall–Kier alpha value is -2.60. The normalized spacial score (nSPS) is 20.9. The monoisotopic (exact) mass is 310 g/mol. The number of rotatable bonds is 3. The van der Waals surface area contributed by atoms with Crippen LogP contribution in [0, 0.1) is 0 Å². The first-order chi connectivity index (χ1) is 11.2. The molecule has 23 heavy (non-hydrogen) atoms. The minimum absolute atomic E-state index is 0.0741. The maximum atomic E-state index is 12.5. The van der Waals surface area contributed by atoms with Crippen molar-refractivity contribution in [1.82, 2.24) is 19.9 Å². The first-order valence-electron chi connectivity index (χ1n) is 7.70. The predicted octanol–water partition coefficient (Wildman–Crippen LogP) is 2.16. The van der Waals surface area contributed by atoms with Gasteiger partial charge in [-0.05, 0) is 18.6 Å². The number of benzene rings is 1. The van der Waals surface area contributed by atoms with Crippen LogP contribution >= 0.6 is 0 Å². The molecule has 3 heterocycles. The van der Waals surface area contributed by atoms with Gasteiger partial charge in [0.2, 0.25) is 0 Å². The van der Waals surface area contributed by atoms with Gasteiger partial charge in [0.25, 0.3) is 5.91 Å². The van der Waals surface area contributed by atoms with Crippen molar-refractivity contribution in [3.8, 4) is 0 Å². The van der Waals surface area contributed by atoms with Crippen LogP contribution in [0.1, 0.15) is 28.8 Å². The van der Waals surface area contributed by atoms with Gasteiger partial charge in [-0.25, -0.2) is 4.98 Å². The summed E-state index contributed by atoms with van der Waals surface area (Å²) >= 11 is 0. The molecule has 1 fully saturated rings. The number of ether oxygens (including phenoxy) is 1. The van der Waals surface area contributed by atoms with E-state index in [-0.39, 0.29) is 18.1 Å². The molecule has 2 aromatic heterocycles. The van der Waals surface area contributed by atoms with Crippen LogP contribution in [0.2, 0.25) is 0 Å². The van der Waals surface area contributed by atoms with Crippen LogP contribution in [0.3, 0.4) is 0 Å². The van der Waals surface area contributed by atoms with E-state index in [9.17, 15) is 4.79 Å². The topological polar surface area (TPSA) is 71.9 Å². The highest BCUT2D eigenvalue weighted by atomic mass is 16.5. The summed E-state index contributed by atoms with van der Waals surface area (Å²) in [5.74, 6) is 0.723. The predicted molar refractivity (Wildman–Crippen MR) is 86.1 cm³/mol. The lowest BCUT2D eigenvalue weighted by Crippen LogP contribution is -2.37. The van der Waals surface area contributed by atoms with Crippen molar-refractivity contribution in [1.29, 1.82) is 0 Å². The fraction of sp³-hybridized carbons (Fsp3) is 0.294. The number of nitrogens with one attached hydrogen (secondary N) is 2. The van der Waals surface area contributed by atoms with Crippen molar-refractivity contribution >= 4 is 16.8 Å². The quantitative estimate of drug-likeness (QED) is 0.778. The lowest BCUT2D eigenvalue weighted by atomic mass is 10.1. The van der Waals surface area contributed by atoms with Gasteiger partial charge < -0.3 is 19.6 Å². The summed E-state index contributed by atoms with van der Waals surface area (Å²) in [5.41, 5.74) is 1.53. The molecule has 1 saturated heterocycles. The maximum Gasteiger partial charge on any atom is 0.268 e. The minimum Gasteiger partial charge on any atom is -0.368 e. The zero-order valence-electron chi connectivity index (χ0n) is 12.8. The van der Waals surface area contributed by atoms with Gasteiger partial charge in [-0.2, -0.15) is 0 Å². The highest BCUT2D eigenvalue weighted by molar-refractivity contribution is 5.98. The van der Waals surface area contributed by atoms with Crippen molar-refractivity contribution in [3.63, 3.8) is 0 Å². The average molecular weight is 310 g/mol. The molecule has 1 aliphatic heterocycles. The number of hydrogen-bond donors (Lipinski definition) is 2. The van der Waals surface area contributed by atoms with Crippen molar-refractivity contribution in [2.45, 2.75) is 18.6 Å². The number of para-hydroxylation sites is 1. The summed E-state index contributed by atoms with van der Waals surface area (Å²) in [6.45, 7) is 0.620. The molecule has 118 valence electrons. The lowest BCUT2D eigenvalue weighted by molar-refractivity contribution is 0.0777. The van der Waals surface area contributed by atoms with Gasteiger partial charge in [0.1, 0.15) is 17.6 Å². The molecule has 1 aromatic carbocycles. The number of carbonyl (C=O) groups is 1. The first-order valence-corrected chi connectivity index (χ1v) is 7.70. The second-order valence-electron chi connectivity index (χ2n) is 5.83. The average Bonchev–Trinajstić information content (AvgIpc) is 3.25. The number of aromatic amines is 1. The first kappa shape index (κ1) is 14.0. The zero-order valence-corrected chi connectivity index (χ0v) is 12.8. The molecule has 0 aliphatic carbocycles. The second kappa shape index (κ2) is 5.55. The third-order valence-corrected chi connectivity index (χ3v) is 4.30. The van der Waals surface area contributed by atoms with Crippen LogP contribution in [0.4, 0.5) is 0 Å². The molecule has 0 saturated carbocycles. The van der Waals surface area contributed by atoms with E-state index in [0.717, 1.165) is 23.1 Å². The number of amides is 1. The van der Waals surface area contributed by atoms with E-state index in [1.165, 1.54) is 0 Å². The Bertz CT molecular complexity index is 818. The van der Waals surface area contributed by atoms with E-state index in [2.05, 4.69) is 15.3 Å². The number of nitrogens with zero attached hydrogens (tertiary/aromatic N) is 2. The number of carbonyl (C=O) groups excluding carboxylic acids is 1. The fourth-order valence-electron chi connectivity index (χ4n) is 3.08. The van der Waals surface area contributed by atoms with Crippen molar-refractivity contribution in [3.05, 3.63) is 54.2 Å². The molecule has 0 bridgehead atoms. The van der Waals surface area contributed by atoms with Crippen LogP contribution in [0.5, 0.6) is 0 Å². The van der Waals surface area contributed by atoms with Crippen LogP contribution < -0.4 is 5.32 Å². The van der Waals surface area contributed by atoms with Crippen LogP contribution in [-0.2, 0) is 11.8 Å². The van der Waals surface area contributed by atoms with Crippen LogP contribution in [0.15, 0.2) is 42.7 Å². The number of hydrogen-bond acceptors (Lipinski definition) is 3. The zero-order chi connectivity index (χ0) is 15.8. The fourth-order valence-corrected chi connectivity index (χ4v) is 3.08. The van der Waals surface area contributed by atoms with Crippen LogP contribution in [0.25, 0.3) is 10.9 Å². The molecule has 0 unspecified atom stereocenters. The van der Waals surface area contributed by atoms with Gasteiger partial charge in [0, 0.05) is 37.0 Å². The molecule has 0 spiro atoms. The minimum atomic E-state index is -0.205. The molecule has 2 N–H and O–H groups in total. The van der Waals surface area contributed by atoms with E-state index >= 15 is 0 Å². The van der Waals surface area contributed by atoms with E-state index in [1.807, 2.05) is 48.1 Å². The van der Waals surface area contributed by atoms with Gasteiger partial charge in [0.05, 0.1) is 6.04 Å². The molecule has 0 radical (unpaired) electrons. The Morgan fingerprint density at radius 3 is 3.09 bits per heavy atom. The number of aromatic nitrogens is 3. The van der Waals surface area contributed by atoms with Crippen molar-refractivity contribution in [2.75, 3.05) is 6.61 Å².